The minimum atomic E-state index is 0.533. The van der Waals surface area contributed by atoms with Crippen LogP contribution in [0.4, 0.5) is 17.8 Å². The molecule has 0 aliphatic carbocycles. The third-order valence-electron chi connectivity index (χ3n) is 3.70. The van der Waals surface area contributed by atoms with E-state index in [0.717, 1.165) is 39.3 Å². The first-order valence-corrected chi connectivity index (χ1v) is 7.77. The summed E-state index contributed by atoms with van der Waals surface area (Å²) in [4.78, 5) is 15.4. The zero-order chi connectivity index (χ0) is 15.1. The average molecular weight is 294 g/mol. The Bertz CT molecular complexity index is 431. The van der Waals surface area contributed by atoms with Gasteiger partial charge >= 0.3 is 0 Å². The second-order valence-corrected chi connectivity index (χ2v) is 5.17. The fraction of sp³-hybridized carbons (Fsp3) is 0.786. The van der Waals surface area contributed by atoms with Crippen molar-refractivity contribution in [2.45, 2.75) is 26.7 Å². The Balaban J connectivity index is 2.04. The normalized spacial score (nSPS) is 18.3. The van der Waals surface area contributed by atoms with Gasteiger partial charge in [0, 0.05) is 33.3 Å². The molecule has 2 N–H and O–H groups in total. The van der Waals surface area contributed by atoms with Gasteiger partial charge in [-0.15, -0.1) is 0 Å². The first-order chi connectivity index (χ1) is 10.3. The maximum atomic E-state index is 5.50. The van der Waals surface area contributed by atoms with E-state index in [4.69, 9.17) is 4.74 Å². The molecule has 1 unspecified atom stereocenters. The quantitative estimate of drug-likeness (QED) is 0.791. The molecular formula is C14H26N6O. The summed E-state index contributed by atoms with van der Waals surface area (Å²) in [6.45, 7) is 8.49. The molecule has 1 saturated heterocycles. The fourth-order valence-electron chi connectivity index (χ4n) is 2.41. The summed E-state index contributed by atoms with van der Waals surface area (Å²) in [7, 11) is 1.82. The smallest absolute Gasteiger partial charge is 0.231 e. The van der Waals surface area contributed by atoms with Gasteiger partial charge in [-0.25, -0.2) is 0 Å². The zero-order valence-corrected chi connectivity index (χ0v) is 13.2. The van der Waals surface area contributed by atoms with Crippen LogP contribution in [0.15, 0.2) is 0 Å². The van der Waals surface area contributed by atoms with Crippen molar-refractivity contribution < 1.29 is 4.74 Å². The van der Waals surface area contributed by atoms with Gasteiger partial charge in [-0.3, -0.25) is 0 Å². The Hall–Kier alpha value is -1.63. The molecule has 0 amide bonds. The number of hydrogen-bond donors (Lipinski definition) is 2. The van der Waals surface area contributed by atoms with Gasteiger partial charge in [-0.05, 0) is 32.6 Å². The van der Waals surface area contributed by atoms with Gasteiger partial charge in [-0.2, -0.15) is 15.0 Å². The minimum absolute atomic E-state index is 0.533. The summed E-state index contributed by atoms with van der Waals surface area (Å²) < 4.78 is 5.50. The van der Waals surface area contributed by atoms with E-state index in [1.165, 1.54) is 6.42 Å². The van der Waals surface area contributed by atoms with Gasteiger partial charge in [0.25, 0.3) is 0 Å². The molecule has 0 radical (unpaired) electrons. The first kappa shape index (κ1) is 15.8. The molecule has 21 heavy (non-hydrogen) atoms. The molecule has 0 aromatic carbocycles. The number of anilines is 3. The van der Waals surface area contributed by atoms with Crippen molar-refractivity contribution in [3.8, 4) is 0 Å². The van der Waals surface area contributed by atoms with Gasteiger partial charge in [0.15, 0.2) is 0 Å². The maximum Gasteiger partial charge on any atom is 0.231 e. The monoisotopic (exact) mass is 294 g/mol. The van der Waals surface area contributed by atoms with Crippen molar-refractivity contribution in [1.29, 1.82) is 0 Å². The molecule has 1 atom stereocenters. The lowest BCUT2D eigenvalue weighted by molar-refractivity contribution is 0.0594. The van der Waals surface area contributed by atoms with Gasteiger partial charge in [0.2, 0.25) is 17.8 Å². The van der Waals surface area contributed by atoms with Crippen LogP contribution in [0.25, 0.3) is 0 Å². The van der Waals surface area contributed by atoms with E-state index in [-0.39, 0.29) is 0 Å². The summed E-state index contributed by atoms with van der Waals surface area (Å²) in [5.41, 5.74) is 0. The first-order valence-electron chi connectivity index (χ1n) is 7.77. The van der Waals surface area contributed by atoms with E-state index >= 15 is 0 Å². The molecule has 1 fully saturated rings. The van der Waals surface area contributed by atoms with E-state index in [0.29, 0.717) is 23.8 Å². The molecule has 7 nitrogen and oxygen atoms in total. The molecule has 2 rings (SSSR count). The Labute approximate surface area is 126 Å². The molecule has 2 heterocycles. The van der Waals surface area contributed by atoms with E-state index in [1.54, 1.807) is 0 Å². The van der Waals surface area contributed by atoms with Crippen LogP contribution in [-0.2, 0) is 4.74 Å². The van der Waals surface area contributed by atoms with Gasteiger partial charge in [0.1, 0.15) is 0 Å². The van der Waals surface area contributed by atoms with E-state index in [9.17, 15) is 0 Å². The number of aromatic nitrogens is 3. The Kier molecular flexibility index (Phi) is 5.98. The van der Waals surface area contributed by atoms with Crippen LogP contribution in [0.5, 0.6) is 0 Å². The highest BCUT2D eigenvalue weighted by molar-refractivity contribution is 5.43. The van der Waals surface area contributed by atoms with Crippen LogP contribution >= 0.6 is 0 Å². The second-order valence-electron chi connectivity index (χ2n) is 5.17. The van der Waals surface area contributed by atoms with Crippen molar-refractivity contribution in [2.24, 2.45) is 5.92 Å². The summed E-state index contributed by atoms with van der Waals surface area (Å²) in [5.74, 6) is 2.46. The molecule has 7 heteroatoms. The van der Waals surface area contributed by atoms with Crippen molar-refractivity contribution in [3.05, 3.63) is 0 Å². The lowest BCUT2D eigenvalue weighted by atomic mass is 10.0. The van der Waals surface area contributed by atoms with Gasteiger partial charge < -0.3 is 20.3 Å². The molecule has 1 aliphatic rings. The summed E-state index contributed by atoms with van der Waals surface area (Å²) in [6.07, 6.45) is 2.33. The molecule has 0 spiro atoms. The average Bonchev–Trinajstić information content (AvgIpc) is 2.55. The minimum Gasteiger partial charge on any atom is -0.381 e. The standard InChI is InChI=1S/C14H26N6O/c1-4-20(5-2)14-18-12(15-3)17-13(19-14)16-9-11-7-6-8-21-10-11/h11H,4-10H2,1-3H3,(H2,15,16,17,18,19). The Morgan fingerprint density at radius 1 is 1.19 bits per heavy atom. The fourth-order valence-corrected chi connectivity index (χ4v) is 2.41. The predicted molar refractivity (Wildman–Crippen MR) is 85.0 cm³/mol. The van der Waals surface area contributed by atoms with E-state index < -0.39 is 0 Å². The van der Waals surface area contributed by atoms with Crippen molar-refractivity contribution in [1.82, 2.24) is 15.0 Å². The van der Waals surface area contributed by atoms with Crippen LogP contribution in [0, 0.1) is 5.92 Å². The maximum absolute atomic E-state index is 5.50. The topological polar surface area (TPSA) is 75.2 Å². The SMILES string of the molecule is CCN(CC)c1nc(NC)nc(NCC2CCCOC2)n1. The molecule has 1 aliphatic heterocycles. The van der Waals surface area contributed by atoms with Crippen molar-refractivity contribution in [2.75, 3.05) is 55.4 Å². The van der Waals surface area contributed by atoms with Crippen molar-refractivity contribution >= 4 is 17.8 Å². The summed E-state index contributed by atoms with van der Waals surface area (Å²) in [5, 5.41) is 6.32. The van der Waals surface area contributed by atoms with E-state index in [1.807, 2.05) is 7.05 Å². The number of hydrogen-bond acceptors (Lipinski definition) is 7. The molecule has 0 saturated carbocycles. The molecular weight excluding hydrogens is 268 g/mol. The van der Waals surface area contributed by atoms with Crippen LogP contribution < -0.4 is 15.5 Å². The number of nitrogens with one attached hydrogen (secondary N) is 2. The van der Waals surface area contributed by atoms with Crippen LogP contribution in [-0.4, -0.2) is 54.8 Å². The Morgan fingerprint density at radius 2 is 1.95 bits per heavy atom. The molecule has 1 aromatic rings. The number of rotatable bonds is 7. The van der Waals surface area contributed by atoms with Gasteiger partial charge in [0.05, 0.1) is 6.61 Å². The van der Waals surface area contributed by atoms with Crippen molar-refractivity contribution in [3.63, 3.8) is 0 Å². The summed E-state index contributed by atoms with van der Waals surface area (Å²) in [6, 6.07) is 0. The van der Waals surface area contributed by atoms with Crippen LogP contribution in [0.1, 0.15) is 26.7 Å². The number of nitrogens with zero attached hydrogens (tertiary/aromatic N) is 4. The Morgan fingerprint density at radius 3 is 2.57 bits per heavy atom. The highest BCUT2D eigenvalue weighted by atomic mass is 16.5. The largest absolute Gasteiger partial charge is 0.381 e. The molecule has 0 bridgehead atoms. The highest BCUT2D eigenvalue weighted by Crippen LogP contribution is 2.16. The van der Waals surface area contributed by atoms with Crippen LogP contribution in [0.3, 0.4) is 0 Å². The number of ether oxygens (including phenoxy) is 1. The van der Waals surface area contributed by atoms with E-state index in [2.05, 4.69) is 44.3 Å². The second kappa shape index (κ2) is 7.97. The third kappa shape index (κ3) is 4.42. The zero-order valence-electron chi connectivity index (χ0n) is 13.2. The predicted octanol–water partition coefficient (Wildman–Crippen LogP) is 1.60. The molecule has 118 valence electrons. The van der Waals surface area contributed by atoms with Crippen LogP contribution in [0.2, 0.25) is 0 Å². The lowest BCUT2D eigenvalue weighted by Gasteiger charge is -2.23. The third-order valence-corrected chi connectivity index (χ3v) is 3.70. The summed E-state index contributed by atoms with van der Waals surface area (Å²) >= 11 is 0. The highest BCUT2D eigenvalue weighted by Gasteiger charge is 2.15. The molecule has 1 aromatic heterocycles. The van der Waals surface area contributed by atoms with Gasteiger partial charge in [-0.1, -0.05) is 0 Å². The lowest BCUT2D eigenvalue weighted by Crippen LogP contribution is -2.27.